The molecule has 248 valence electrons. The molecule has 1 fully saturated rings. The van der Waals surface area contributed by atoms with Gasteiger partial charge in [-0.2, -0.15) is 0 Å². The zero-order chi connectivity index (χ0) is 31.7. The molecule has 0 saturated heterocycles. The van der Waals surface area contributed by atoms with Crippen LogP contribution in [0.25, 0.3) is 0 Å². The van der Waals surface area contributed by atoms with Crippen LogP contribution in [-0.2, 0) is 24.0 Å². The summed E-state index contributed by atoms with van der Waals surface area (Å²) in [4.78, 5) is 57.8. The third-order valence-corrected chi connectivity index (χ3v) is 8.75. The molecule has 0 heterocycles. The number of aliphatic carboxylic acids is 2. The highest BCUT2D eigenvalue weighted by molar-refractivity contribution is 5.85. The Balaban J connectivity index is 1.93. The van der Waals surface area contributed by atoms with E-state index in [2.05, 4.69) is 10.6 Å². The van der Waals surface area contributed by atoms with Crippen LogP contribution in [0.4, 0.5) is 0 Å². The normalized spacial score (nSPS) is 17.2. The van der Waals surface area contributed by atoms with Crippen molar-refractivity contribution >= 4 is 29.5 Å². The minimum absolute atomic E-state index is 0.0937. The van der Waals surface area contributed by atoms with Gasteiger partial charge in [0.1, 0.15) is 11.8 Å². The van der Waals surface area contributed by atoms with E-state index < -0.39 is 18.0 Å². The lowest BCUT2D eigenvalue weighted by atomic mass is 9.81. The van der Waals surface area contributed by atoms with Gasteiger partial charge in [0.15, 0.2) is 0 Å². The molecule has 1 saturated carbocycles. The van der Waals surface area contributed by atoms with Gasteiger partial charge in [0.25, 0.3) is 0 Å². The summed E-state index contributed by atoms with van der Waals surface area (Å²) < 4.78 is 0. The van der Waals surface area contributed by atoms with Crippen molar-refractivity contribution in [2.24, 2.45) is 11.8 Å². The van der Waals surface area contributed by atoms with Crippen molar-refractivity contribution in [1.29, 1.82) is 0 Å². The predicted octanol–water partition coefficient (Wildman–Crippen LogP) is 6.95. The van der Waals surface area contributed by atoms with Crippen LogP contribution in [0.2, 0.25) is 0 Å². The highest BCUT2D eigenvalue weighted by Crippen LogP contribution is 2.29. The first kappa shape index (κ1) is 38.6. The Bertz CT molecular complexity index is 809. The first-order valence-electron chi connectivity index (χ1n) is 17.2. The summed E-state index contributed by atoms with van der Waals surface area (Å²) in [6, 6.07) is -1.03. The van der Waals surface area contributed by atoms with E-state index >= 15 is 0 Å². The number of carboxylic acids is 2. The first-order chi connectivity index (χ1) is 20.7. The zero-order valence-electron chi connectivity index (χ0n) is 26.8. The minimum atomic E-state index is -1.11. The van der Waals surface area contributed by atoms with E-state index in [1.54, 1.807) is 0 Å². The number of carbonyl (C=O) groups excluding carboxylic acids is 3. The van der Waals surface area contributed by atoms with Crippen molar-refractivity contribution < 1.29 is 34.2 Å². The molecular formula is C34H60N2O7. The number of amides is 2. The van der Waals surface area contributed by atoms with Gasteiger partial charge in [-0.15, -0.1) is 0 Å². The smallest absolute Gasteiger partial charge is 0.326 e. The zero-order valence-corrected chi connectivity index (χ0v) is 26.8. The molecule has 9 nitrogen and oxygen atoms in total. The molecule has 0 aromatic rings. The Morgan fingerprint density at radius 3 is 1.49 bits per heavy atom. The second-order valence-electron chi connectivity index (χ2n) is 12.7. The van der Waals surface area contributed by atoms with Crippen molar-refractivity contribution in [3.8, 4) is 0 Å². The van der Waals surface area contributed by atoms with Gasteiger partial charge in [-0.05, 0) is 57.8 Å². The van der Waals surface area contributed by atoms with Crippen molar-refractivity contribution in [3.05, 3.63) is 0 Å². The molecule has 0 unspecified atom stereocenters. The molecule has 0 radical (unpaired) electrons. The lowest BCUT2D eigenvalue weighted by Crippen LogP contribution is -2.44. The largest absolute Gasteiger partial charge is 0.481 e. The minimum Gasteiger partial charge on any atom is -0.481 e. The highest BCUT2D eigenvalue weighted by Gasteiger charge is 2.29. The Morgan fingerprint density at radius 2 is 1.07 bits per heavy atom. The van der Waals surface area contributed by atoms with Crippen molar-refractivity contribution in [3.63, 3.8) is 0 Å². The summed E-state index contributed by atoms with van der Waals surface area (Å²) in [6.45, 7) is 2.05. The third kappa shape index (κ3) is 21.8. The number of carboxylic acid groups (broad SMARTS) is 2. The highest BCUT2D eigenvalue weighted by atomic mass is 16.4. The molecule has 43 heavy (non-hydrogen) atoms. The number of rotatable bonds is 27. The quantitative estimate of drug-likeness (QED) is 0.0737. The van der Waals surface area contributed by atoms with Crippen LogP contribution in [0.3, 0.4) is 0 Å². The summed E-state index contributed by atoms with van der Waals surface area (Å²) >= 11 is 0. The van der Waals surface area contributed by atoms with Crippen molar-refractivity contribution in [2.45, 2.75) is 167 Å². The topological polar surface area (TPSA) is 150 Å². The lowest BCUT2D eigenvalue weighted by Gasteiger charge is -2.28. The number of carbonyl (C=O) groups is 5. The monoisotopic (exact) mass is 608 g/mol. The second-order valence-corrected chi connectivity index (χ2v) is 12.7. The maximum atomic E-state index is 12.5. The molecule has 1 rings (SSSR count). The van der Waals surface area contributed by atoms with Gasteiger partial charge in [-0.3, -0.25) is 14.4 Å². The SMILES string of the molecule is CC(=O)CC[C@H](NC(=O)C1CCC(CNC(=O)CCCCCCCCCCCCCCCCCCC(=O)O)CC1)C(=O)O. The molecule has 0 aromatic carbocycles. The first-order valence-corrected chi connectivity index (χ1v) is 17.2. The number of unbranched alkanes of at least 4 members (excludes halogenated alkanes) is 15. The number of nitrogens with one attached hydrogen (secondary N) is 2. The van der Waals surface area contributed by atoms with E-state index in [-0.39, 0.29) is 36.4 Å². The van der Waals surface area contributed by atoms with E-state index in [9.17, 15) is 29.1 Å². The van der Waals surface area contributed by atoms with Crippen LogP contribution in [-0.4, -0.2) is 52.3 Å². The van der Waals surface area contributed by atoms with Crippen molar-refractivity contribution in [1.82, 2.24) is 10.6 Å². The molecule has 0 bridgehead atoms. The second kappa shape index (κ2) is 24.9. The third-order valence-electron chi connectivity index (χ3n) is 8.75. The Hall–Kier alpha value is -2.45. The number of hydrogen-bond donors (Lipinski definition) is 4. The van der Waals surface area contributed by atoms with Gasteiger partial charge in [0.2, 0.25) is 11.8 Å². The standard InChI is InChI=1S/C34H60N2O7/c1-27(37)20-25-30(34(42)43)36-33(41)29-23-21-28(22-24-29)26-35-31(38)18-16-14-12-10-8-6-4-2-3-5-7-9-11-13-15-17-19-32(39)40/h28-30H,2-26H2,1H3,(H,35,38)(H,36,41)(H,39,40)(H,42,43)/t28?,29?,30-/m0/s1. The molecule has 0 aliphatic heterocycles. The van der Waals surface area contributed by atoms with E-state index in [0.29, 0.717) is 38.1 Å². The summed E-state index contributed by atoms with van der Waals surface area (Å²) in [5.41, 5.74) is 0. The Kier molecular flexibility index (Phi) is 22.4. The van der Waals surface area contributed by atoms with Gasteiger partial charge < -0.3 is 25.6 Å². The average molecular weight is 609 g/mol. The van der Waals surface area contributed by atoms with E-state index in [4.69, 9.17) is 5.11 Å². The summed E-state index contributed by atoms with van der Waals surface area (Å²) in [5.74, 6) is -1.89. The van der Waals surface area contributed by atoms with E-state index in [1.807, 2.05) is 0 Å². The van der Waals surface area contributed by atoms with E-state index in [0.717, 1.165) is 44.9 Å². The fourth-order valence-electron chi connectivity index (χ4n) is 5.91. The molecular weight excluding hydrogens is 548 g/mol. The fraction of sp³-hybridized carbons (Fsp3) is 0.853. The molecule has 2 amide bonds. The molecule has 1 aliphatic carbocycles. The molecule has 1 aliphatic rings. The summed E-state index contributed by atoms with van der Waals surface area (Å²) in [7, 11) is 0. The van der Waals surface area contributed by atoms with Crippen LogP contribution >= 0.6 is 0 Å². The number of hydrogen-bond acceptors (Lipinski definition) is 5. The predicted molar refractivity (Wildman–Crippen MR) is 169 cm³/mol. The van der Waals surface area contributed by atoms with Gasteiger partial charge in [-0.1, -0.05) is 89.9 Å². The van der Waals surface area contributed by atoms with E-state index in [1.165, 1.54) is 77.6 Å². The molecule has 1 atom stereocenters. The van der Waals surface area contributed by atoms with Gasteiger partial charge >= 0.3 is 11.9 Å². The van der Waals surface area contributed by atoms with Crippen LogP contribution in [0.15, 0.2) is 0 Å². The summed E-state index contributed by atoms with van der Waals surface area (Å²) in [6.07, 6.45) is 23.3. The maximum absolute atomic E-state index is 12.5. The van der Waals surface area contributed by atoms with Crippen LogP contribution < -0.4 is 10.6 Å². The molecule has 0 spiro atoms. The van der Waals surface area contributed by atoms with Gasteiger partial charge in [0.05, 0.1) is 0 Å². The lowest BCUT2D eigenvalue weighted by molar-refractivity contribution is -0.143. The van der Waals surface area contributed by atoms with Crippen LogP contribution in [0, 0.1) is 11.8 Å². The number of ketones is 1. The van der Waals surface area contributed by atoms with Crippen LogP contribution in [0.5, 0.6) is 0 Å². The van der Waals surface area contributed by atoms with Gasteiger partial charge in [0, 0.05) is 31.7 Å². The molecule has 0 aromatic heterocycles. The molecule has 4 N–H and O–H groups in total. The maximum Gasteiger partial charge on any atom is 0.326 e. The Morgan fingerprint density at radius 1 is 0.628 bits per heavy atom. The summed E-state index contributed by atoms with van der Waals surface area (Å²) in [5, 5.41) is 23.6. The number of Topliss-reactive ketones (excluding diaryl/α,β-unsaturated/α-hetero) is 1. The van der Waals surface area contributed by atoms with Crippen LogP contribution in [0.1, 0.15) is 161 Å². The fourth-order valence-corrected chi connectivity index (χ4v) is 5.91. The van der Waals surface area contributed by atoms with Crippen molar-refractivity contribution in [2.75, 3.05) is 6.54 Å². The Labute approximate surface area is 259 Å². The molecule has 9 heteroatoms. The average Bonchev–Trinajstić information content (AvgIpc) is 2.97. The van der Waals surface area contributed by atoms with Gasteiger partial charge in [-0.25, -0.2) is 4.79 Å².